The van der Waals surface area contributed by atoms with E-state index < -0.39 is 5.82 Å². The van der Waals surface area contributed by atoms with Gasteiger partial charge in [-0.1, -0.05) is 18.2 Å². The lowest BCUT2D eigenvalue weighted by Crippen LogP contribution is -2.38. The van der Waals surface area contributed by atoms with E-state index in [0.29, 0.717) is 23.6 Å². The summed E-state index contributed by atoms with van der Waals surface area (Å²) in [7, 11) is 0. The molecule has 0 bridgehead atoms. The van der Waals surface area contributed by atoms with Gasteiger partial charge >= 0.3 is 0 Å². The van der Waals surface area contributed by atoms with Gasteiger partial charge in [0.2, 0.25) is 0 Å². The normalized spacial score (nSPS) is 11.9. The quantitative estimate of drug-likeness (QED) is 0.290. The molecule has 0 spiro atoms. The Balaban J connectivity index is 0.00000320. The average Bonchev–Trinajstić information content (AvgIpc) is 3.28. The Kier molecular flexibility index (Phi) is 8.80. The van der Waals surface area contributed by atoms with E-state index in [2.05, 4.69) is 26.8 Å². The molecule has 30 heavy (non-hydrogen) atoms. The van der Waals surface area contributed by atoms with Crippen molar-refractivity contribution >= 4 is 29.9 Å². The Labute approximate surface area is 192 Å². The van der Waals surface area contributed by atoms with Crippen LogP contribution < -0.4 is 10.6 Å². The lowest BCUT2D eigenvalue weighted by atomic mass is 10.1. The zero-order valence-electron chi connectivity index (χ0n) is 16.8. The van der Waals surface area contributed by atoms with Crippen molar-refractivity contribution < 1.29 is 4.39 Å². The molecule has 3 rings (SSSR count). The first-order chi connectivity index (χ1) is 14.1. The highest BCUT2D eigenvalue weighted by Gasteiger charge is 2.10. The number of aliphatic imine (C=N–C) groups is 1. The molecule has 0 fully saturated rings. The maximum Gasteiger partial charge on any atom is 0.192 e. The van der Waals surface area contributed by atoms with Crippen LogP contribution in [0.15, 0.2) is 65.9 Å². The van der Waals surface area contributed by atoms with Gasteiger partial charge < -0.3 is 10.6 Å². The minimum Gasteiger partial charge on any atom is -0.357 e. The van der Waals surface area contributed by atoms with Crippen molar-refractivity contribution in [2.24, 2.45) is 4.99 Å². The SMILES string of the molecule is CCNC(=NCc1ccc(C#N)cc1F)NC(C)c1cccc(-n2cccn2)c1.I. The fourth-order valence-corrected chi connectivity index (χ4v) is 2.88. The fraction of sp³-hybridized carbons (Fsp3) is 0.227. The predicted molar refractivity (Wildman–Crippen MR) is 126 cm³/mol. The number of nitriles is 1. The number of nitrogens with zero attached hydrogens (tertiary/aromatic N) is 4. The zero-order chi connectivity index (χ0) is 20.6. The molecule has 8 heteroatoms. The van der Waals surface area contributed by atoms with Crippen LogP contribution in [0.25, 0.3) is 5.69 Å². The van der Waals surface area contributed by atoms with E-state index >= 15 is 0 Å². The molecule has 2 aromatic carbocycles. The Morgan fingerprint density at radius 1 is 1.27 bits per heavy atom. The standard InChI is InChI=1S/C22H23FN6.HI/c1-3-25-22(26-15-19-9-8-17(14-24)12-21(19)23)28-16(2)18-6-4-7-20(13-18)29-11-5-10-27-29;/h4-13,16H,3,15H2,1-2H3,(H2,25,26,28);1H. The first-order valence-electron chi connectivity index (χ1n) is 9.44. The van der Waals surface area contributed by atoms with Crippen LogP contribution in [0.1, 0.15) is 36.6 Å². The van der Waals surface area contributed by atoms with Gasteiger partial charge in [0.25, 0.3) is 0 Å². The first kappa shape index (κ1) is 23.3. The van der Waals surface area contributed by atoms with Gasteiger partial charge in [0, 0.05) is 24.5 Å². The maximum atomic E-state index is 14.1. The highest BCUT2D eigenvalue weighted by atomic mass is 127. The van der Waals surface area contributed by atoms with Crippen LogP contribution in [-0.4, -0.2) is 22.3 Å². The van der Waals surface area contributed by atoms with Crippen molar-refractivity contribution in [2.45, 2.75) is 26.4 Å². The first-order valence-corrected chi connectivity index (χ1v) is 9.44. The summed E-state index contributed by atoms with van der Waals surface area (Å²) < 4.78 is 15.9. The highest BCUT2D eigenvalue weighted by molar-refractivity contribution is 14.0. The Morgan fingerprint density at radius 2 is 2.10 bits per heavy atom. The van der Waals surface area contributed by atoms with E-state index in [4.69, 9.17) is 5.26 Å². The van der Waals surface area contributed by atoms with Gasteiger partial charge in [0.1, 0.15) is 5.82 Å². The lowest BCUT2D eigenvalue weighted by Gasteiger charge is -2.19. The van der Waals surface area contributed by atoms with Gasteiger partial charge in [-0.05, 0) is 49.7 Å². The van der Waals surface area contributed by atoms with E-state index in [0.717, 1.165) is 11.3 Å². The van der Waals surface area contributed by atoms with Crippen molar-refractivity contribution in [2.75, 3.05) is 6.54 Å². The Hall–Kier alpha value is -2.93. The number of guanidine groups is 1. The van der Waals surface area contributed by atoms with Crippen LogP contribution in [0.3, 0.4) is 0 Å². The van der Waals surface area contributed by atoms with Crippen LogP contribution in [0.4, 0.5) is 4.39 Å². The molecule has 0 amide bonds. The molecule has 1 atom stereocenters. The summed E-state index contributed by atoms with van der Waals surface area (Å²) in [6, 6.07) is 16.3. The molecular formula is C22H24FIN6. The Morgan fingerprint density at radius 3 is 2.77 bits per heavy atom. The van der Waals surface area contributed by atoms with Gasteiger partial charge in [0.05, 0.1) is 29.9 Å². The smallest absolute Gasteiger partial charge is 0.192 e. The molecule has 6 nitrogen and oxygen atoms in total. The summed E-state index contributed by atoms with van der Waals surface area (Å²) in [5.41, 5.74) is 2.79. The second-order valence-electron chi connectivity index (χ2n) is 6.52. The van der Waals surface area contributed by atoms with Gasteiger partial charge in [-0.15, -0.1) is 24.0 Å². The van der Waals surface area contributed by atoms with Crippen molar-refractivity contribution in [1.29, 1.82) is 5.26 Å². The van der Waals surface area contributed by atoms with Crippen LogP contribution in [0.5, 0.6) is 0 Å². The third-order valence-electron chi connectivity index (χ3n) is 4.43. The van der Waals surface area contributed by atoms with Crippen LogP contribution in [-0.2, 0) is 6.54 Å². The van der Waals surface area contributed by atoms with Gasteiger partial charge in [0.15, 0.2) is 5.96 Å². The van der Waals surface area contributed by atoms with E-state index in [1.165, 1.54) is 6.07 Å². The van der Waals surface area contributed by atoms with Gasteiger partial charge in [-0.2, -0.15) is 10.4 Å². The summed E-state index contributed by atoms with van der Waals surface area (Å²) in [6.07, 6.45) is 3.64. The number of aromatic nitrogens is 2. The van der Waals surface area contributed by atoms with Crippen molar-refractivity contribution in [3.63, 3.8) is 0 Å². The highest BCUT2D eigenvalue weighted by Crippen LogP contribution is 2.17. The number of hydrogen-bond donors (Lipinski definition) is 2. The van der Waals surface area contributed by atoms with Gasteiger partial charge in [-0.25, -0.2) is 14.1 Å². The van der Waals surface area contributed by atoms with Crippen molar-refractivity contribution in [3.8, 4) is 11.8 Å². The number of hydrogen-bond acceptors (Lipinski definition) is 3. The minimum atomic E-state index is -0.427. The Bertz CT molecular complexity index is 1030. The minimum absolute atomic E-state index is 0. The van der Waals surface area contributed by atoms with Crippen molar-refractivity contribution in [3.05, 3.63) is 83.4 Å². The third kappa shape index (κ3) is 6.03. The van der Waals surface area contributed by atoms with Crippen LogP contribution >= 0.6 is 24.0 Å². The predicted octanol–water partition coefficient (Wildman–Crippen LogP) is 4.32. The number of halogens is 2. The molecule has 1 unspecified atom stereocenters. The molecular weight excluding hydrogens is 494 g/mol. The van der Waals surface area contributed by atoms with Crippen molar-refractivity contribution in [1.82, 2.24) is 20.4 Å². The zero-order valence-corrected chi connectivity index (χ0v) is 19.2. The molecule has 1 aromatic heterocycles. The third-order valence-corrected chi connectivity index (χ3v) is 4.43. The molecule has 0 aliphatic heterocycles. The fourth-order valence-electron chi connectivity index (χ4n) is 2.88. The largest absolute Gasteiger partial charge is 0.357 e. The average molecular weight is 518 g/mol. The van der Waals surface area contributed by atoms with Crippen LogP contribution in [0, 0.1) is 17.1 Å². The van der Waals surface area contributed by atoms with E-state index in [9.17, 15) is 4.39 Å². The van der Waals surface area contributed by atoms with E-state index in [-0.39, 0.29) is 36.6 Å². The number of rotatable bonds is 6. The molecule has 1 heterocycles. The van der Waals surface area contributed by atoms with Gasteiger partial charge in [-0.3, -0.25) is 0 Å². The topological polar surface area (TPSA) is 78.0 Å². The molecule has 3 aromatic rings. The molecule has 0 saturated heterocycles. The lowest BCUT2D eigenvalue weighted by molar-refractivity contribution is 0.609. The molecule has 0 saturated carbocycles. The second-order valence-corrected chi connectivity index (χ2v) is 6.52. The summed E-state index contributed by atoms with van der Waals surface area (Å²) in [5, 5.41) is 19.7. The number of nitrogens with one attached hydrogen (secondary N) is 2. The molecule has 0 aliphatic rings. The van der Waals surface area contributed by atoms with E-state index in [1.807, 2.05) is 55.1 Å². The number of benzene rings is 2. The summed E-state index contributed by atoms with van der Waals surface area (Å²) >= 11 is 0. The van der Waals surface area contributed by atoms with Crippen LogP contribution in [0.2, 0.25) is 0 Å². The summed E-state index contributed by atoms with van der Waals surface area (Å²) in [6.45, 7) is 4.87. The molecule has 156 valence electrons. The monoisotopic (exact) mass is 518 g/mol. The second kappa shape index (κ2) is 11.3. The maximum absolute atomic E-state index is 14.1. The summed E-state index contributed by atoms with van der Waals surface area (Å²) in [5.74, 6) is 0.164. The van der Waals surface area contributed by atoms with E-state index in [1.54, 1.807) is 18.3 Å². The summed E-state index contributed by atoms with van der Waals surface area (Å²) in [4.78, 5) is 4.49. The molecule has 0 aliphatic carbocycles. The molecule has 0 radical (unpaired) electrons. The molecule has 2 N–H and O–H groups in total.